The topological polar surface area (TPSA) is 85.6 Å². The number of aromatic nitrogens is 2. The first kappa shape index (κ1) is 19.4. The minimum absolute atomic E-state index is 0.432. The van der Waals surface area contributed by atoms with Gasteiger partial charge in [0.25, 0.3) is 5.91 Å². The Kier molecular flexibility index (Phi) is 5.96. The van der Waals surface area contributed by atoms with E-state index in [2.05, 4.69) is 10.4 Å². The first-order valence-electron chi connectivity index (χ1n) is 8.91. The summed E-state index contributed by atoms with van der Waals surface area (Å²) in [4.78, 5) is 12.5. The number of nitrogens with zero attached hydrogens (tertiary/aromatic N) is 2. The van der Waals surface area contributed by atoms with Crippen molar-refractivity contribution in [1.82, 2.24) is 9.78 Å². The molecular formula is C21H23N3O4. The Hall–Kier alpha value is -3.32. The number of aliphatic hydroxyl groups excluding tert-OH is 1. The monoisotopic (exact) mass is 381 g/mol. The summed E-state index contributed by atoms with van der Waals surface area (Å²) in [6.45, 7) is 2.05. The third kappa shape index (κ3) is 3.99. The average molecular weight is 381 g/mol. The van der Waals surface area contributed by atoms with Crippen LogP contribution in [0, 0.1) is 0 Å². The molecule has 0 fully saturated rings. The minimum Gasteiger partial charge on any atom is -0.493 e. The molecule has 3 aromatic rings. The van der Waals surface area contributed by atoms with Gasteiger partial charge in [0.2, 0.25) is 0 Å². The van der Waals surface area contributed by atoms with Gasteiger partial charge in [0.1, 0.15) is 5.82 Å². The summed E-state index contributed by atoms with van der Waals surface area (Å²) in [6.07, 6.45) is 1.18. The van der Waals surface area contributed by atoms with Crippen molar-refractivity contribution in [3.8, 4) is 17.2 Å². The molecule has 0 aliphatic carbocycles. The van der Waals surface area contributed by atoms with Crippen LogP contribution in [-0.4, -0.2) is 35.0 Å². The fraction of sp³-hybridized carbons (Fsp3) is 0.238. The van der Waals surface area contributed by atoms with Gasteiger partial charge in [-0.2, -0.15) is 5.10 Å². The quantitative estimate of drug-likeness (QED) is 0.657. The number of hydrogen-bond donors (Lipinski definition) is 2. The predicted molar refractivity (Wildman–Crippen MR) is 106 cm³/mol. The molecule has 3 rings (SSSR count). The summed E-state index contributed by atoms with van der Waals surface area (Å²) < 4.78 is 12.1. The first-order valence-corrected chi connectivity index (χ1v) is 8.91. The van der Waals surface area contributed by atoms with Crippen molar-refractivity contribution in [3.63, 3.8) is 0 Å². The van der Waals surface area contributed by atoms with Crippen LogP contribution in [-0.2, 0) is 11.2 Å². The lowest BCUT2D eigenvalue weighted by Crippen LogP contribution is -2.22. The summed E-state index contributed by atoms with van der Waals surface area (Å²) in [5.41, 5.74) is 2.36. The Morgan fingerprint density at radius 3 is 2.46 bits per heavy atom. The molecule has 2 N–H and O–H groups in total. The number of anilines is 1. The molecule has 1 aromatic heterocycles. The van der Waals surface area contributed by atoms with Crippen LogP contribution in [0.5, 0.6) is 11.5 Å². The van der Waals surface area contributed by atoms with Gasteiger partial charge in [-0.05, 0) is 29.7 Å². The second-order valence-electron chi connectivity index (χ2n) is 6.15. The van der Waals surface area contributed by atoms with Crippen molar-refractivity contribution < 1.29 is 19.4 Å². The maximum absolute atomic E-state index is 12.5. The summed E-state index contributed by atoms with van der Waals surface area (Å²) >= 11 is 0. The van der Waals surface area contributed by atoms with Crippen molar-refractivity contribution in [2.45, 2.75) is 19.4 Å². The molecular weight excluding hydrogens is 358 g/mol. The number of methoxy groups -OCH3 is 2. The lowest BCUT2D eigenvalue weighted by molar-refractivity contribution is -0.124. The summed E-state index contributed by atoms with van der Waals surface area (Å²) in [7, 11) is 3.11. The van der Waals surface area contributed by atoms with Crippen LogP contribution in [0.3, 0.4) is 0 Å². The van der Waals surface area contributed by atoms with Crippen LogP contribution < -0.4 is 14.8 Å². The normalized spacial score (nSPS) is 11.7. The summed E-state index contributed by atoms with van der Waals surface area (Å²) in [5.74, 6) is 1.03. The van der Waals surface area contributed by atoms with E-state index in [1.54, 1.807) is 61.5 Å². The van der Waals surface area contributed by atoms with Crippen molar-refractivity contribution in [2.75, 3.05) is 19.5 Å². The zero-order valence-electron chi connectivity index (χ0n) is 16.0. The molecule has 1 atom stereocenters. The van der Waals surface area contributed by atoms with Gasteiger partial charge in [-0.25, -0.2) is 4.68 Å². The van der Waals surface area contributed by atoms with Gasteiger partial charge in [-0.15, -0.1) is 0 Å². The maximum Gasteiger partial charge on any atom is 0.258 e. The molecule has 0 radical (unpaired) electrons. The zero-order chi connectivity index (χ0) is 20.1. The molecule has 7 heteroatoms. The Balaban J connectivity index is 1.80. The fourth-order valence-corrected chi connectivity index (χ4v) is 2.84. The first-order chi connectivity index (χ1) is 13.6. The number of carbonyl (C=O) groups excluding carboxylic acids is 1. The minimum atomic E-state index is -1.28. The SMILES string of the molecule is CCc1ccc(C(O)C(=O)Nc2ccnn2-c2ccc(OC)c(OC)c2)cc1. The molecule has 0 bridgehead atoms. The van der Waals surface area contributed by atoms with Crippen LogP contribution in [0.1, 0.15) is 24.2 Å². The van der Waals surface area contributed by atoms with Crippen molar-refractivity contribution >= 4 is 11.7 Å². The van der Waals surface area contributed by atoms with E-state index in [1.807, 2.05) is 19.1 Å². The Labute approximate surface area is 163 Å². The van der Waals surface area contributed by atoms with Gasteiger partial charge in [-0.1, -0.05) is 31.2 Å². The van der Waals surface area contributed by atoms with Crippen LogP contribution in [0.4, 0.5) is 5.82 Å². The van der Waals surface area contributed by atoms with Crippen molar-refractivity contribution in [3.05, 3.63) is 65.9 Å². The lowest BCUT2D eigenvalue weighted by atomic mass is 10.1. The van der Waals surface area contributed by atoms with E-state index in [0.29, 0.717) is 28.6 Å². The molecule has 1 amide bonds. The van der Waals surface area contributed by atoms with Crippen LogP contribution in [0.15, 0.2) is 54.7 Å². The molecule has 28 heavy (non-hydrogen) atoms. The van der Waals surface area contributed by atoms with Gasteiger partial charge in [0.05, 0.1) is 26.1 Å². The molecule has 1 unspecified atom stereocenters. The maximum atomic E-state index is 12.5. The highest BCUT2D eigenvalue weighted by Gasteiger charge is 2.19. The molecule has 0 saturated carbocycles. The molecule has 146 valence electrons. The van der Waals surface area contributed by atoms with E-state index < -0.39 is 12.0 Å². The fourth-order valence-electron chi connectivity index (χ4n) is 2.84. The summed E-state index contributed by atoms with van der Waals surface area (Å²) in [5, 5.41) is 17.4. The smallest absolute Gasteiger partial charge is 0.258 e. The van der Waals surface area contributed by atoms with Gasteiger partial charge in [0.15, 0.2) is 17.6 Å². The van der Waals surface area contributed by atoms with Gasteiger partial charge in [0, 0.05) is 12.1 Å². The van der Waals surface area contributed by atoms with E-state index in [9.17, 15) is 9.90 Å². The number of aliphatic hydroxyl groups is 1. The van der Waals surface area contributed by atoms with E-state index in [1.165, 1.54) is 0 Å². The zero-order valence-corrected chi connectivity index (χ0v) is 16.0. The molecule has 0 saturated heterocycles. The molecule has 2 aromatic carbocycles. The van der Waals surface area contributed by atoms with Crippen molar-refractivity contribution in [2.24, 2.45) is 0 Å². The highest BCUT2D eigenvalue weighted by molar-refractivity contribution is 5.94. The van der Waals surface area contributed by atoms with Crippen LogP contribution in [0.2, 0.25) is 0 Å². The average Bonchev–Trinajstić information content (AvgIpc) is 3.20. The van der Waals surface area contributed by atoms with E-state index in [-0.39, 0.29) is 0 Å². The number of nitrogens with one attached hydrogen (secondary N) is 1. The lowest BCUT2D eigenvalue weighted by Gasteiger charge is -2.14. The number of ether oxygens (including phenoxy) is 2. The third-order valence-electron chi connectivity index (χ3n) is 4.46. The number of hydrogen-bond acceptors (Lipinski definition) is 5. The Morgan fingerprint density at radius 1 is 1.11 bits per heavy atom. The second kappa shape index (κ2) is 8.58. The number of benzene rings is 2. The molecule has 0 aliphatic rings. The standard InChI is InChI=1S/C21H23N3O4/c1-4-14-5-7-15(8-6-14)20(25)21(26)23-19-11-12-22-24(19)16-9-10-17(27-2)18(13-16)28-3/h5-13,20,25H,4H2,1-3H3,(H,23,26). The molecule has 0 spiro atoms. The number of rotatable bonds is 7. The van der Waals surface area contributed by atoms with Gasteiger partial charge >= 0.3 is 0 Å². The number of aryl methyl sites for hydroxylation is 1. The third-order valence-corrected chi connectivity index (χ3v) is 4.46. The Morgan fingerprint density at radius 2 is 1.82 bits per heavy atom. The van der Waals surface area contributed by atoms with Crippen LogP contribution in [0.25, 0.3) is 5.69 Å². The number of amides is 1. The van der Waals surface area contributed by atoms with E-state index >= 15 is 0 Å². The largest absolute Gasteiger partial charge is 0.493 e. The highest BCUT2D eigenvalue weighted by Crippen LogP contribution is 2.30. The van der Waals surface area contributed by atoms with Gasteiger partial charge in [-0.3, -0.25) is 4.79 Å². The number of carbonyl (C=O) groups is 1. The molecule has 7 nitrogen and oxygen atoms in total. The van der Waals surface area contributed by atoms with E-state index in [4.69, 9.17) is 9.47 Å². The summed E-state index contributed by atoms with van der Waals surface area (Å²) in [6, 6.07) is 14.3. The highest BCUT2D eigenvalue weighted by atomic mass is 16.5. The molecule has 1 heterocycles. The van der Waals surface area contributed by atoms with Crippen molar-refractivity contribution in [1.29, 1.82) is 0 Å². The Bertz CT molecular complexity index is 951. The van der Waals surface area contributed by atoms with E-state index in [0.717, 1.165) is 12.0 Å². The van der Waals surface area contributed by atoms with Crippen LogP contribution >= 0.6 is 0 Å². The predicted octanol–water partition coefficient (Wildman–Crippen LogP) is 3.12. The molecule has 0 aliphatic heterocycles. The second-order valence-corrected chi connectivity index (χ2v) is 6.15. The van der Waals surface area contributed by atoms with Gasteiger partial charge < -0.3 is 19.9 Å².